The summed E-state index contributed by atoms with van der Waals surface area (Å²) in [7, 11) is 0. The highest BCUT2D eigenvalue weighted by Gasteiger charge is 2.15. The van der Waals surface area contributed by atoms with Crippen molar-refractivity contribution >= 4 is 21.7 Å². The number of benzene rings is 2. The van der Waals surface area contributed by atoms with Gasteiger partial charge in [-0.15, -0.1) is 0 Å². The van der Waals surface area contributed by atoms with Crippen molar-refractivity contribution < 1.29 is 8.83 Å². The van der Waals surface area contributed by atoms with Crippen LogP contribution in [0.25, 0.3) is 44.4 Å². The molecule has 124 valence electrons. The van der Waals surface area contributed by atoms with Crippen molar-refractivity contribution in [2.24, 2.45) is 0 Å². The molecule has 0 aliphatic rings. The van der Waals surface area contributed by atoms with E-state index in [9.17, 15) is 4.79 Å². The van der Waals surface area contributed by atoms with Gasteiger partial charge in [0.1, 0.15) is 17.1 Å². The number of hydrogen-bond acceptors (Lipinski definition) is 4. The summed E-state index contributed by atoms with van der Waals surface area (Å²) in [5, 5.41) is 2.38. The predicted molar refractivity (Wildman–Crippen MR) is 101 cm³/mol. The molecule has 0 fully saturated rings. The minimum atomic E-state index is -0.0938. The standard InChI is InChI=1S/C22H13NO3/c24-19-12-21(14-5-3-9-23-13-14)26-22-16-7-2-1-6-15(16)17(11-18(19)22)20-8-4-10-25-20/h1-13H. The fourth-order valence-electron chi connectivity index (χ4n) is 3.26. The van der Waals surface area contributed by atoms with Gasteiger partial charge in [-0.3, -0.25) is 9.78 Å². The molecule has 2 aromatic carbocycles. The van der Waals surface area contributed by atoms with Gasteiger partial charge in [-0.2, -0.15) is 0 Å². The Kier molecular flexibility index (Phi) is 3.22. The van der Waals surface area contributed by atoms with Gasteiger partial charge in [-0.05, 0) is 35.7 Å². The molecular formula is C22H13NO3. The molecule has 0 saturated carbocycles. The lowest BCUT2D eigenvalue weighted by Gasteiger charge is -2.09. The zero-order valence-corrected chi connectivity index (χ0v) is 13.7. The average Bonchev–Trinajstić information content (AvgIpc) is 3.23. The zero-order valence-electron chi connectivity index (χ0n) is 13.7. The Morgan fingerprint density at radius 2 is 1.69 bits per heavy atom. The quantitative estimate of drug-likeness (QED) is 0.411. The fourth-order valence-corrected chi connectivity index (χ4v) is 3.26. The van der Waals surface area contributed by atoms with Gasteiger partial charge in [0, 0.05) is 35.0 Å². The van der Waals surface area contributed by atoms with E-state index in [1.165, 1.54) is 6.07 Å². The summed E-state index contributed by atoms with van der Waals surface area (Å²) in [5.41, 5.74) is 2.12. The van der Waals surface area contributed by atoms with E-state index in [-0.39, 0.29) is 5.43 Å². The Balaban J connectivity index is 1.91. The van der Waals surface area contributed by atoms with Crippen molar-refractivity contribution in [3.8, 4) is 22.6 Å². The van der Waals surface area contributed by atoms with Gasteiger partial charge in [0.2, 0.25) is 0 Å². The first-order valence-electron chi connectivity index (χ1n) is 8.25. The molecule has 0 bridgehead atoms. The lowest BCUT2D eigenvalue weighted by atomic mass is 9.99. The van der Waals surface area contributed by atoms with Gasteiger partial charge in [-0.1, -0.05) is 24.3 Å². The van der Waals surface area contributed by atoms with E-state index >= 15 is 0 Å². The summed E-state index contributed by atoms with van der Waals surface area (Å²) in [6.07, 6.45) is 5.00. The number of rotatable bonds is 2. The van der Waals surface area contributed by atoms with E-state index in [1.807, 2.05) is 54.6 Å². The van der Waals surface area contributed by atoms with Crippen LogP contribution in [0.1, 0.15) is 0 Å². The topological polar surface area (TPSA) is 56.2 Å². The third kappa shape index (κ3) is 2.24. The van der Waals surface area contributed by atoms with E-state index in [0.717, 1.165) is 27.7 Å². The highest BCUT2D eigenvalue weighted by molar-refractivity contribution is 6.10. The van der Waals surface area contributed by atoms with Crippen molar-refractivity contribution in [1.82, 2.24) is 4.98 Å². The van der Waals surface area contributed by atoms with Crippen LogP contribution >= 0.6 is 0 Å². The van der Waals surface area contributed by atoms with E-state index in [2.05, 4.69) is 4.98 Å². The number of aromatic nitrogens is 1. The van der Waals surface area contributed by atoms with Gasteiger partial charge in [0.25, 0.3) is 0 Å². The van der Waals surface area contributed by atoms with Crippen LogP contribution in [0.2, 0.25) is 0 Å². The Labute approximate surface area is 148 Å². The number of nitrogens with zero attached hydrogens (tertiary/aromatic N) is 1. The van der Waals surface area contributed by atoms with Crippen molar-refractivity contribution in [1.29, 1.82) is 0 Å². The maximum Gasteiger partial charge on any atom is 0.193 e. The van der Waals surface area contributed by atoms with Crippen LogP contribution in [0.3, 0.4) is 0 Å². The van der Waals surface area contributed by atoms with Crippen molar-refractivity contribution in [2.45, 2.75) is 0 Å². The Hall–Kier alpha value is -3.66. The molecule has 0 radical (unpaired) electrons. The third-order valence-electron chi connectivity index (χ3n) is 4.47. The Morgan fingerprint density at radius 3 is 2.46 bits per heavy atom. The molecule has 0 amide bonds. The molecule has 4 nitrogen and oxygen atoms in total. The smallest absolute Gasteiger partial charge is 0.193 e. The van der Waals surface area contributed by atoms with Crippen LogP contribution in [0.5, 0.6) is 0 Å². The lowest BCUT2D eigenvalue weighted by molar-refractivity contribution is 0.583. The highest BCUT2D eigenvalue weighted by Crippen LogP contribution is 2.35. The summed E-state index contributed by atoms with van der Waals surface area (Å²) in [4.78, 5) is 16.9. The SMILES string of the molecule is O=c1cc(-c2cccnc2)oc2c1cc(-c1ccco1)c1ccccc12. The van der Waals surface area contributed by atoms with Gasteiger partial charge in [-0.25, -0.2) is 0 Å². The first-order chi connectivity index (χ1) is 12.8. The van der Waals surface area contributed by atoms with Crippen LogP contribution in [-0.4, -0.2) is 4.98 Å². The highest BCUT2D eigenvalue weighted by atomic mass is 16.3. The normalized spacial score (nSPS) is 11.2. The minimum absolute atomic E-state index is 0.0938. The van der Waals surface area contributed by atoms with E-state index < -0.39 is 0 Å². The zero-order chi connectivity index (χ0) is 17.5. The number of furan rings is 1. The second-order valence-electron chi connectivity index (χ2n) is 6.04. The maximum absolute atomic E-state index is 12.8. The largest absolute Gasteiger partial charge is 0.464 e. The summed E-state index contributed by atoms with van der Waals surface area (Å²) >= 11 is 0. The number of pyridine rings is 1. The molecule has 5 rings (SSSR count). The van der Waals surface area contributed by atoms with E-state index in [0.29, 0.717) is 16.7 Å². The maximum atomic E-state index is 12.8. The summed E-state index contributed by atoms with van der Waals surface area (Å²) in [6, 6.07) is 18.6. The Bertz CT molecular complexity index is 1290. The molecule has 0 N–H and O–H groups in total. The third-order valence-corrected chi connectivity index (χ3v) is 4.47. The second kappa shape index (κ2) is 5.70. The molecule has 5 aromatic rings. The molecule has 0 aliphatic carbocycles. The first kappa shape index (κ1) is 14.7. The molecule has 3 heterocycles. The van der Waals surface area contributed by atoms with Gasteiger partial charge < -0.3 is 8.83 Å². The summed E-state index contributed by atoms with van der Waals surface area (Å²) in [5.74, 6) is 1.23. The molecule has 0 aliphatic heterocycles. The van der Waals surface area contributed by atoms with Crippen LogP contribution in [0.4, 0.5) is 0 Å². The predicted octanol–water partition coefficient (Wildman–Crippen LogP) is 5.27. The first-order valence-corrected chi connectivity index (χ1v) is 8.25. The van der Waals surface area contributed by atoms with Crippen molar-refractivity contribution in [3.05, 3.63) is 89.5 Å². The summed E-state index contributed by atoms with van der Waals surface area (Å²) < 4.78 is 11.7. The average molecular weight is 339 g/mol. The van der Waals surface area contributed by atoms with Crippen LogP contribution < -0.4 is 5.43 Å². The van der Waals surface area contributed by atoms with Gasteiger partial charge >= 0.3 is 0 Å². The Morgan fingerprint density at radius 1 is 0.808 bits per heavy atom. The molecule has 3 aromatic heterocycles. The van der Waals surface area contributed by atoms with Crippen LogP contribution in [0, 0.1) is 0 Å². The molecule has 0 atom stereocenters. The van der Waals surface area contributed by atoms with Crippen LogP contribution in [-0.2, 0) is 0 Å². The van der Waals surface area contributed by atoms with Gasteiger partial charge in [0.15, 0.2) is 5.43 Å². The molecule has 0 saturated heterocycles. The summed E-state index contributed by atoms with van der Waals surface area (Å²) in [6.45, 7) is 0. The van der Waals surface area contributed by atoms with Crippen LogP contribution in [0.15, 0.2) is 92.9 Å². The molecule has 0 unspecified atom stereocenters. The van der Waals surface area contributed by atoms with Crippen molar-refractivity contribution in [3.63, 3.8) is 0 Å². The molecular weight excluding hydrogens is 326 g/mol. The van der Waals surface area contributed by atoms with Crippen molar-refractivity contribution in [2.75, 3.05) is 0 Å². The molecule has 0 spiro atoms. The fraction of sp³-hybridized carbons (Fsp3) is 0. The van der Waals surface area contributed by atoms with E-state index in [1.54, 1.807) is 18.7 Å². The number of hydrogen-bond donors (Lipinski definition) is 0. The minimum Gasteiger partial charge on any atom is -0.464 e. The lowest BCUT2D eigenvalue weighted by Crippen LogP contribution is -2.01. The second-order valence-corrected chi connectivity index (χ2v) is 6.04. The number of fused-ring (bicyclic) bond motifs is 3. The molecule has 26 heavy (non-hydrogen) atoms. The van der Waals surface area contributed by atoms with E-state index in [4.69, 9.17) is 8.83 Å². The monoisotopic (exact) mass is 339 g/mol. The molecule has 4 heteroatoms. The van der Waals surface area contributed by atoms with Gasteiger partial charge in [0.05, 0.1) is 11.6 Å².